The van der Waals surface area contributed by atoms with Gasteiger partial charge in [0.05, 0.1) is 6.54 Å². The number of benzene rings is 2. The van der Waals surface area contributed by atoms with Crippen molar-refractivity contribution in [3.63, 3.8) is 0 Å². The molecule has 0 bridgehead atoms. The molecule has 0 aliphatic heterocycles. The predicted octanol–water partition coefficient (Wildman–Crippen LogP) is 7.27. The number of unbranched alkanes of at least 4 members (excludes halogenated alkanes) is 9. The molecule has 0 aliphatic rings. The van der Waals surface area contributed by atoms with Gasteiger partial charge in [-0.2, -0.15) is 0 Å². The Morgan fingerprint density at radius 2 is 1.42 bits per heavy atom. The summed E-state index contributed by atoms with van der Waals surface area (Å²) in [5.41, 5.74) is 9.61. The van der Waals surface area contributed by atoms with E-state index in [9.17, 15) is 14.7 Å². The van der Waals surface area contributed by atoms with Gasteiger partial charge in [-0.05, 0) is 61.3 Å². The first-order valence-corrected chi connectivity index (χ1v) is 15.2. The molecule has 2 aromatic carbocycles. The molecule has 2 amide bonds. The molecule has 6 nitrogen and oxygen atoms in total. The number of aromatic hydroxyl groups is 1. The lowest BCUT2D eigenvalue weighted by molar-refractivity contribution is -0.122. The predicted molar refractivity (Wildman–Crippen MR) is 161 cm³/mol. The number of phenols is 1. The van der Waals surface area contributed by atoms with Gasteiger partial charge in [-0.25, -0.2) is 5.43 Å². The zero-order chi connectivity index (χ0) is 27.8. The SMILES string of the molecule is CCCCCCCCCCCCSC(C(=O)NNCC(=O)Nc1ccccc1C)c1cc(C)c(O)c(C)c1. The molecule has 0 saturated heterocycles. The minimum absolute atomic E-state index is 0.0382. The number of nitrogens with one attached hydrogen (secondary N) is 3. The fraction of sp³-hybridized carbons (Fsp3) is 0.548. The smallest absolute Gasteiger partial charge is 0.251 e. The van der Waals surface area contributed by atoms with Crippen LogP contribution in [0.15, 0.2) is 36.4 Å². The second-order valence-electron chi connectivity index (χ2n) is 10.1. The summed E-state index contributed by atoms with van der Waals surface area (Å²) in [6, 6.07) is 11.3. The number of thioether (sulfide) groups is 1. The highest BCUT2D eigenvalue weighted by atomic mass is 32.2. The van der Waals surface area contributed by atoms with Crippen LogP contribution in [-0.2, 0) is 9.59 Å². The van der Waals surface area contributed by atoms with E-state index >= 15 is 0 Å². The Labute approximate surface area is 233 Å². The Bertz CT molecular complexity index is 989. The number of hydrogen-bond donors (Lipinski definition) is 4. The zero-order valence-electron chi connectivity index (χ0n) is 23.7. The summed E-state index contributed by atoms with van der Waals surface area (Å²) in [4.78, 5) is 25.5. The Morgan fingerprint density at radius 1 is 0.842 bits per heavy atom. The number of carbonyl (C=O) groups is 2. The van der Waals surface area contributed by atoms with Gasteiger partial charge in [-0.1, -0.05) is 95.0 Å². The topological polar surface area (TPSA) is 90.5 Å². The lowest BCUT2D eigenvalue weighted by Gasteiger charge is -2.19. The van der Waals surface area contributed by atoms with Crippen molar-refractivity contribution >= 4 is 29.3 Å². The minimum atomic E-state index is -0.432. The van der Waals surface area contributed by atoms with Crippen LogP contribution >= 0.6 is 11.8 Å². The van der Waals surface area contributed by atoms with E-state index in [0.29, 0.717) is 0 Å². The Kier molecular flexibility index (Phi) is 14.9. The van der Waals surface area contributed by atoms with E-state index in [1.54, 1.807) is 11.8 Å². The maximum Gasteiger partial charge on any atom is 0.251 e. The maximum absolute atomic E-state index is 13.2. The fourth-order valence-electron chi connectivity index (χ4n) is 4.44. The molecule has 2 rings (SSSR count). The molecule has 38 heavy (non-hydrogen) atoms. The first-order chi connectivity index (χ1) is 18.3. The van der Waals surface area contributed by atoms with E-state index in [0.717, 1.165) is 40.1 Å². The van der Waals surface area contributed by atoms with Crippen LogP contribution in [0.2, 0.25) is 0 Å². The number of phenolic OH excluding ortho intramolecular Hbond substituents is 1. The number of amides is 2. The monoisotopic (exact) mass is 541 g/mol. The summed E-state index contributed by atoms with van der Waals surface area (Å²) >= 11 is 1.61. The molecule has 0 heterocycles. The third-order valence-electron chi connectivity index (χ3n) is 6.72. The standard InChI is InChI=1S/C31H47N3O3S/c1-5-6-7-8-9-10-11-12-13-16-19-38-30(26-20-24(3)29(36)25(4)21-26)31(37)34-32-22-28(35)33-27-18-15-14-17-23(27)2/h14-15,17-18,20-21,30,32,36H,5-13,16,19,22H2,1-4H3,(H,33,35)(H,34,37). The molecule has 7 heteroatoms. The van der Waals surface area contributed by atoms with Gasteiger partial charge in [-0.3, -0.25) is 15.0 Å². The molecule has 210 valence electrons. The lowest BCUT2D eigenvalue weighted by atomic mass is 10.0. The van der Waals surface area contributed by atoms with Crippen molar-refractivity contribution in [2.75, 3.05) is 17.6 Å². The van der Waals surface area contributed by atoms with Gasteiger partial charge >= 0.3 is 0 Å². The van der Waals surface area contributed by atoms with E-state index in [-0.39, 0.29) is 24.1 Å². The summed E-state index contributed by atoms with van der Waals surface area (Å²) in [6.07, 6.45) is 12.8. The van der Waals surface area contributed by atoms with Crippen LogP contribution in [0, 0.1) is 20.8 Å². The first-order valence-electron chi connectivity index (χ1n) is 14.1. The summed E-state index contributed by atoms with van der Waals surface area (Å²) in [5.74, 6) is 0.709. The fourth-order valence-corrected chi connectivity index (χ4v) is 5.58. The van der Waals surface area contributed by atoms with Gasteiger partial charge in [-0.15, -0.1) is 11.8 Å². The van der Waals surface area contributed by atoms with Crippen molar-refractivity contribution in [3.05, 3.63) is 58.7 Å². The Balaban J connectivity index is 1.83. The van der Waals surface area contributed by atoms with E-state index in [1.165, 1.54) is 57.8 Å². The Hall–Kier alpha value is -2.51. The highest BCUT2D eigenvalue weighted by molar-refractivity contribution is 8.00. The quantitative estimate of drug-likeness (QED) is 0.118. The third kappa shape index (κ3) is 11.5. The number of carbonyl (C=O) groups excluding carboxylic acids is 2. The minimum Gasteiger partial charge on any atom is -0.507 e. The molecule has 0 aliphatic carbocycles. The molecule has 0 saturated carbocycles. The second kappa shape index (κ2) is 17.9. The summed E-state index contributed by atoms with van der Waals surface area (Å²) in [5, 5.41) is 12.6. The van der Waals surface area contributed by atoms with Gasteiger partial charge < -0.3 is 10.4 Å². The van der Waals surface area contributed by atoms with Crippen LogP contribution in [0.4, 0.5) is 5.69 Å². The van der Waals surface area contributed by atoms with Crippen molar-refractivity contribution in [3.8, 4) is 5.75 Å². The van der Waals surface area contributed by atoms with Gasteiger partial charge in [0.15, 0.2) is 0 Å². The molecule has 0 radical (unpaired) electrons. The molecule has 0 fully saturated rings. The number of rotatable bonds is 18. The van der Waals surface area contributed by atoms with Crippen molar-refractivity contribution in [1.82, 2.24) is 10.9 Å². The zero-order valence-corrected chi connectivity index (χ0v) is 24.5. The van der Waals surface area contributed by atoms with E-state index in [4.69, 9.17) is 0 Å². The van der Waals surface area contributed by atoms with Crippen LogP contribution < -0.4 is 16.2 Å². The van der Waals surface area contributed by atoms with Crippen LogP contribution in [0.5, 0.6) is 5.75 Å². The van der Waals surface area contributed by atoms with Gasteiger partial charge in [0.2, 0.25) is 5.91 Å². The van der Waals surface area contributed by atoms with Crippen LogP contribution in [0.3, 0.4) is 0 Å². The molecule has 1 unspecified atom stereocenters. The molecule has 2 aromatic rings. The number of hydrazine groups is 1. The number of hydrogen-bond acceptors (Lipinski definition) is 5. The van der Waals surface area contributed by atoms with Crippen molar-refractivity contribution < 1.29 is 14.7 Å². The highest BCUT2D eigenvalue weighted by Crippen LogP contribution is 2.34. The van der Waals surface area contributed by atoms with Gasteiger partial charge in [0, 0.05) is 5.69 Å². The van der Waals surface area contributed by atoms with E-state index in [2.05, 4.69) is 23.1 Å². The summed E-state index contributed by atoms with van der Waals surface area (Å²) in [6.45, 7) is 7.84. The maximum atomic E-state index is 13.2. The number of para-hydroxylation sites is 1. The third-order valence-corrected chi connectivity index (χ3v) is 8.06. The van der Waals surface area contributed by atoms with E-state index in [1.807, 2.05) is 57.2 Å². The summed E-state index contributed by atoms with van der Waals surface area (Å²) < 4.78 is 0. The van der Waals surface area contributed by atoms with Gasteiger partial charge in [0.25, 0.3) is 5.91 Å². The normalized spacial score (nSPS) is 11.8. The number of aryl methyl sites for hydroxylation is 3. The lowest BCUT2D eigenvalue weighted by Crippen LogP contribution is -2.43. The molecule has 0 aromatic heterocycles. The second-order valence-corrected chi connectivity index (χ2v) is 11.4. The average Bonchev–Trinajstić information content (AvgIpc) is 2.89. The van der Waals surface area contributed by atoms with Gasteiger partial charge in [0.1, 0.15) is 11.0 Å². The van der Waals surface area contributed by atoms with Crippen LogP contribution in [-0.4, -0.2) is 29.2 Å². The molecular weight excluding hydrogens is 494 g/mol. The summed E-state index contributed by atoms with van der Waals surface area (Å²) in [7, 11) is 0. The van der Waals surface area contributed by atoms with Crippen LogP contribution in [0.25, 0.3) is 0 Å². The molecule has 0 spiro atoms. The van der Waals surface area contributed by atoms with Crippen molar-refractivity contribution in [1.29, 1.82) is 0 Å². The highest BCUT2D eigenvalue weighted by Gasteiger charge is 2.22. The molecular formula is C31H47N3O3S. The van der Waals surface area contributed by atoms with Crippen molar-refractivity contribution in [2.45, 2.75) is 97.2 Å². The number of anilines is 1. The Morgan fingerprint density at radius 3 is 2.03 bits per heavy atom. The molecule has 4 N–H and O–H groups in total. The first kappa shape index (κ1) is 31.7. The average molecular weight is 542 g/mol. The van der Waals surface area contributed by atoms with Crippen molar-refractivity contribution in [2.24, 2.45) is 0 Å². The van der Waals surface area contributed by atoms with E-state index < -0.39 is 5.25 Å². The van der Waals surface area contributed by atoms with Crippen LogP contribution in [0.1, 0.15) is 98.6 Å². The largest absolute Gasteiger partial charge is 0.507 e. The molecule has 1 atom stereocenters.